The van der Waals surface area contributed by atoms with Gasteiger partial charge in [0.1, 0.15) is 4.75 Å². The van der Waals surface area contributed by atoms with Crippen LogP contribution in [-0.4, -0.2) is 57.3 Å². The number of urea groups is 1. The maximum atomic E-state index is 13.4. The number of carbonyl (C=O) groups is 2. The van der Waals surface area contributed by atoms with Crippen molar-refractivity contribution in [3.63, 3.8) is 0 Å². The van der Waals surface area contributed by atoms with Crippen molar-refractivity contribution in [2.24, 2.45) is 0 Å². The van der Waals surface area contributed by atoms with E-state index in [1.54, 1.807) is 24.3 Å². The van der Waals surface area contributed by atoms with E-state index in [9.17, 15) is 18.0 Å². The molecular weight excluding hydrogens is 518 g/mol. The molecule has 37 heavy (non-hydrogen) atoms. The minimum Gasteiger partial charge on any atom is -0.395 e. The van der Waals surface area contributed by atoms with Crippen LogP contribution in [0.4, 0.5) is 10.5 Å². The van der Waals surface area contributed by atoms with Crippen molar-refractivity contribution in [3.05, 3.63) is 41.3 Å². The fraction of sp³-hybridized carbons (Fsp3) is 0.520. The number of hydrogen-bond acceptors (Lipinski definition) is 8. The Labute approximate surface area is 220 Å². The van der Waals surface area contributed by atoms with Gasteiger partial charge in [-0.15, -0.1) is 11.3 Å². The highest BCUT2D eigenvalue weighted by molar-refractivity contribution is 7.92. The molecule has 1 aromatic carbocycles. The maximum absolute atomic E-state index is 13.4. The average Bonchev–Trinajstić information content (AvgIpc) is 3.39. The van der Waals surface area contributed by atoms with Crippen LogP contribution in [0, 0.1) is 0 Å². The highest BCUT2D eigenvalue weighted by Crippen LogP contribution is 2.47. The molecule has 4 rings (SSSR count). The number of anilines is 1. The molecule has 10 nitrogen and oxygen atoms in total. The number of ether oxygens (including phenoxy) is 1. The number of benzene rings is 1. The number of amides is 3. The molecule has 4 N–H and O–H groups in total. The molecule has 2 fully saturated rings. The number of nitrogens with one attached hydrogen (secondary N) is 3. The third-order valence-electron chi connectivity index (χ3n) is 6.58. The number of rotatable bonds is 9. The topological polar surface area (TPSA) is 143 Å². The van der Waals surface area contributed by atoms with E-state index in [0.717, 1.165) is 23.3 Å². The third-order valence-corrected chi connectivity index (χ3v) is 10.6. The SMILES string of the molecule is O=C(C[C@]1(c2ccc(-c3cccc(NC(=O)NCCO)c3)s2)CCCCS1(=O)=O)NOC1CCCCO1. The Bertz CT molecular complexity index is 1190. The van der Waals surface area contributed by atoms with Gasteiger partial charge in [-0.05, 0) is 55.5 Å². The summed E-state index contributed by atoms with van der Waals surface area (Å²) < 4.78 is 31.0. The highest BCUT2D eigenvalue weighted by atomic mass is 32.2. The normalized spacial score (nSPS) is 23.2. The van der Waals surface area contributed by atoms with E-state index < -0.39 is 32.8 Å². The molecule has 3 heterocycles. The molecule has 2 aromatic rings. The van der Waals surface area contributed by atoms with Crippen LogP contribution in [0.25, 0.3) is 10.4 Å². The van der Waals surface area contributed by atoms with E-state index in [-0.39, 0.29) is 25.3 Å². The molecule has 2 atom stereocenters. The Morgan fingerprint density at radius 3 is 2.78 bits per heavy atom. The number of thiophene rings is 1. The summed E-state index contributed by atoms with van der Waals surface area (Å²) in [5.41, 5.74) is 3.79. The van der Waals surface area contributed by atoms with E-state index in [4.69, 9.17) is 14.7 Å². The zero-order valence-corrected chi connectivity index (χ0v) is 22.2. The van der Waals surface area contributed by atoms with Gasteiger partial charge < -0.3 is 20.5 Å². The maximum Gasteiger partial charge on any atom is 0.319 e. The number of aliphatic hydroxyl groups excluding tert-OH is 1. The van der Waals surface area contributed by atoms with Gasteiger partial charge in [0.25, 0.3) is 0 Å². The van der Waals surface area contributed by atoms with Crippen molar-refractivity contribution < 1.29 is 32.7 Å². The van der Waals surface area contributed by atoms with Gasteiger partial charge in [-0.25, -0.2) is 23.5 Å². The number of hydroxylamine groups is 1. The van der Waals surface area contributed by atoms with Gasteiger partial charge in [-0.2, -0.15) is 0 Å². The number of sulfone groups is 1. The monoisotopic (exact) mass is 551 g/mol. The predicted molar refractivity (Wildman–Crippen MR) is 141 cm³/mol. The number of aliphatic hydroxyl groups is 1. The lowest BCUT2D eigenvalue weighted by molar-refractivity contribution is -0.200. The Balaban J connectivity index is 1.53. The van der Waals surface area contributed by atoms with Gasteiger partial charge in [0.2, 0.25) is 5.91 Å². The second-order valence-corrected chi connectivity index (χ2v) is 12.7. The van der Waals surface area contributed by atoms with Crippen LogP contribution >= 0.6 is 11.3 Å². The van der Waals surface area contributed by atoms with Crippen molar-refractivity contribution in [1.82, 2.24) is 10.8 Å². The second-order valence-electron chi connectivity index (χ2n) is 9.24. The summed E-state index contributed by atoms with van der Waals surface area (Å²) in [4.78, 5) is 31.7. The van der Waals surface area contributed by atoms with Crippen molar-refractivity contribution in [2.45, 2.75) is 56.0 Å². The summed E-state index contributed by atoms with van der Waals surface area (Å²) in [6, 6.07) is 10.4. The molecule has 0 aliphatic carbocycles. The molecule has 3 amide bonds. The lowest BCUT2D eigenvalue weighted by Crippen LogP contribution is -2.45. The van der Waals surface area contributed by atoms with Crippen LogP contribution in [0.3, 0.4) is 0 Å². The minimum atomic E-state index is -3.60. The van der Waals surface area contributed by atoms with E-state index in [0.29, 0.717) is 42.9 Å². The van der Waals surface area contributed by atoms with Crippen LogP contribution in [0.2, 0.25) is 0 Å². The first-order chi connectivity index (χ1) is 17.8. The Hall–Kier alpha value is -2.51. The Kier molecular flexibility index (Phi) is 9.19. The van der Waals surface area contributed by atoms with E-state index in [1.807, 2.05) is 12.1 Å². The van der Waals surface area contributed by atoms with Crippen LogP contribution in [0.1, 0.15) is 49.8 Å². The van der Waals surface area contributed by atoms with Gasteiger partial charge in [0.15, 0.2) is 16.1 Å². The smallest absolute Gasteiger partial charge is 0.319 e. The summed E-state index contributed by atoms with van der Waals surface area (Å²) in [7, 11) is -3.60. The van der Waals surface area contributed by atoms with Gasteiger partial charge in [0.05, 0.1) is 18.8 Å². The fourth-order valence-corrected chi connectivity index (χ4v) is 8.46. The first kappa shape index (κ1) is 27.5. The van der Waals surface area contributed by atoms with Gasteiger partial charge in [-0.1, -0.05) is 18.6 Å². The summed E-state index contributed by atoms with van der Waals surface area (Å²) in [6.45, 7) is 0.554. The van der Waals surface area contributed by atoms with Crippen molar-refractivity contribution in [3.8, 4) is 10.4 Å². The second kappa shape index (κ2) is 12.4. The third kappa shape index (κ3) is 6.68. The summed E-state index contributed by atoms with van der Waals surface area (Å²) in [6.07, 6.45) is 3.46. The number of carbonyl (C=O) groups excluding carboxylic acids is 2. The molecular formula is C25H33N3O7S2. The predicted octanol–water partition coefficient (Wildman–Crippen LogP) is 3.29. The largest absolute Gasteiger partial charge is 0.395 e. The zero-order valence-electron chi connectivity index (χ0n) is 20.5. The zero-order chi connectivity index (χ0) is 26.3. The Morgan fingerprint density at radius 2 is 2.03 bits per heavy atom. The van der Waals surface area contributed by atoms with Gasteiger partial charge in [0, 0.05) is 35.0 Å². The van der Waals surface area contributed by atoms with E-state index >= 15 is 0 Å². The molecule has 12 heteroatoms. The van der Waals surface area contributed by atoms with Crippen molar-refractivity contribution in [1.29, 1.82) is 0 Å². The standard InChI is InChI=1S/C25H33N3O7S2/c29-13-12-26-24(31)27-19-7-5-6-18(16-19)20-9-10-21(36-20)25(11-2-4-15-37(25,32)33)17-22(30)28-35-23-8-1-3-14-34-23/h5-7,9-10,16,23,29H,1-4,8,11-15,17H2,(H,28,30)(H2,26,27,31)/t23?,25-/m0/s1. The van der Waals surface area contributed by atoms with Gasteiger partial charge in [-0.3, -0.25) is 4.79 Å². The Morgan fingerprint density at radius 1 is 1.16 bits per heavy atom. The van der Waals surface area contributed by atoms with E-state index in [2.05, 4.69) is 16.1 Å². The first-order valence-corrected chi connectivity index (χ1v) is 14.9. The molecule has 0 spiro atoms. The molecule has 0 radical (unpaired) electrons. The average molecular weight is 552 g/mol. The van der Waals surface area contributed by atoms with E-state index in [1.165, 1.54) is 11.3 Å². The molecule has 1 unspecified atom stereocenters. The summed E-state index contributed by atoms with van der Waals surface area (Å²) in [5, 5.41) is 14.1. The minimum absolute atomic E-state index is 0.0302. The van der Waals surface area contributed by atoms with Crippen molar-refractivity contribution in [2.75, 3.05) is 30.8 Å². The van der Waals surface area contributed by atoms with Crippen LogP contribution in [0.5, 0.6) is 0 Å². The highest BCUT2D eigenvalue weighted by Gasteiger charge is 2.49. The van der Waals surface area contributed by atoms with Crippen molar-refractivity contribution >= 4 is 38.8 Å². The van der Waals surface area contributed by atoms with Crippen LogP contribution in [-0.2, 0) is 29.0 Å². The molecule has 2 aliphatic heterocycles. The quantitative estimate of drug-likeness (QED) is 0.350. The van der Waals surface area contributed by atoms with Crippen LogP contribution in [0.15, 0.2) is 36.4 Å². The molecule has 202 valence electrons. The molecule has 1 aromatic heterocycles. The first-order valence-electron chi connectivity index (χ1n) is 12.5. The van der Waals surface area contributed by atoms with Crippen LogP contribution < -0.4 is 16.1 Å². The molecule has 2 aliphatic rings. The fourth-order valence-electron chi connectivity index (χ4n) is 4.68. The molecule has 2 saturated heterocycles. The number of hydrogen-bond donors (Lipinski definition) is 4. The lowest BCUT2D eigenvalue weighted by atomic mass is 9.94. The van der Waals surface area contributed by atoms with Gasteiger partial charge >= 0.3 is 6.03 Å². The summed E-state index contributed by atoms with van der Waals surface area (Å²) >= 11 is 1.34. The summed E-state index contributed by atoms with van der Waals surface area (Å²) in [5.74, 6) is -0.461. The lowest BCUT2D eigenvalue weighted by Gasteiger charge is -2.35. The molecule has 0 bridgehead atoms. The molecule has 0 saturated carbocycles.